The van der Waals surface area contributed by atoms with E-state index >= 15 is 0 Å². The second-order valence-corrected chi connectivity index (χ2v) is 3.92. The fraction of sp³-hybridized carbons (Fsp3) is 0.400. The monoisotopic (exact) mass is 253 g/mol. The summed E-state index contributed by atoms with van der Waals surface area (Å²) in [5.41, 5.74) is -0.568. The molecule has 0 saturated heterocycles. The molecule has 0 N–H and O–H groups in total. The molecule has 90 valence electrons. The minimum Gasteiger partial charge on any atom is -0.468 e. The Labute approximate surface area is 102 Å². The van der Waals surface area contributed by atoms with Crippen molar-refractivity contribution in [3.8, 4) is 6.07 Å². The summed E-state index contributed by atoms with van der Waals surface area (Å²) in [5.74, 6) is -0.179. The molecule has 7 heteroatoms. The quantitative estimate of drug-likeness (QED) is 0.438. The van der Waals surface area contributed by atoms with Crippen LogP contribution in [0.2, 0.25) is 0 Å². The van der Waals surface area contributed by atoms with Crippen molar-refractivity contribution in [2.45, 2.75) is 18.5 Å². The van der Waals surface area contributed by atoms with Gasteiger partial charge in [0.1, 0.15) is 29.0 Å². The molecule has 0 atom stereocenters. The van der Waals surface area contributed by atoms with Crippen LogP contribution < -0.4 is 5.56 Å². The molecular formula is C10H11N3O3S. The molecule has 1 rings (SSSR count). The molecule has 6 nitrogen and oxygen atoms in total. The van der Waals surface area contributed by atoms with Crippen LogP contribution in [-0.4, -0.2) is 28.9 Å². The third-order valence-electron chi connectivity index (χ3n) is 2.15. The van der Waals surface area contributed by atoms with Gasteiger partial charge < -0.3 is 4.74 Å². The second kappa shape index (κ2) is 5.50. The Morgan fingerprint density at radius 3 is 2.76 bits per heavy atom. The Morgan fingerprint density at radius 1 is 1.65 bits per heavy atom. The van der Waals surface area contributed by atoms with Gasteiger partial charge in [-0.1, -0.05) is 0 Å². The molecule has 0 aliphatic carbocycles. The van der Waals surface area contributed by atoms with Crippen molar-refractivity contribution in [3.05, 3.63) is 21.7 Å². The van der Waals surface area contributed by atoms with Crippen LogP contribution in [0.4, 0.5) is 0 Å². The molecule has 0 aliphatic heterocycles. The highest BCUT2D eigenvalue weighted by atomic mass is 32.2. The zero-order valence-electron chi connectivity index (χ0n) is 9.68. The van der Waals surface area contributed by atoms with E-state index in [-0.39, 0.29) is 12.1 Å². The van der Waals surface area contributed by atoms with E-state index in [0.29, 0.717) is 10.9 Å². The van der Waals surface area contributed by atoms with E-state index < -0.39 is 11.5 Å². The molecule has 0 bridgehead atoms. The highest BCUT2D eigenvalue weighted by Crippen LogP contribution is 2.14. The molecule has 0 saturated carbocycles. The van der Waals surface area contributed by atoms with Gasteiger partial charge in [0.2, 0.25) is 0 Å². The average molecular weight is 253 g/mol. The number of nitrogens with zero attached hydrogens (tertiary/aromatic N) is 3. The number of esters is 1. The van der Waals surface area contributed by atoms with E-state index in [9.17, 15) is 9.59 Å². The number of ether oxygens (including phenoxy) is 1. The van der Waals surface area contributed by atoms with Crippen molar-refractivity contribution in [2.75, 3.05) is 13.4 Å². The van der Waals surface area contributed by atoms with Gasteiger partial charge in [-0.05, 0) is 13.2 Å². The summed E-state index contributed by atoms with van der Waals surface area (Å²) in [4.78, 5) is 27.2. The molecule has 1 heterocycles. The lowest BCUT2D eigenvalue weighted by Gasteiger charge is -2.09. The molecule has 0 spiro atoms. The third-order valence-corrected chi connectivity index (χ3v) is 2.83. The lowest BCUT2D eigenvalue weighted by Crippen LogP contribution is -2.30. The van der Waals surface area contributed by atoms with Crippen molar-refractivity contribution in [1.29, 1.82) is 5.26 Å². The van der Waals surface area contributed by atoms with Crippen molar-refractivity contribution < 1.29 is 9.53 Å². The molecule has 17 heavy (non-hydrogen) atoms. The number of rotatable bonds is 3. The van der Waals surface area contributed by atoms with Crippen LogP contribution in [0.15, 0.2) is 9.82 Å². The van der Waals surface area contributed by atoms with Gasteiger partial charge in [0.15, 0.2) is 0 Å². The van der Waals surface area contributed by atoms with Gasteiger partial charge in [0.25, 0.3) is 5.56 Å². The molecule has 0 aromatic carbocycles. The third kappa shape index (κ3) is 2.65. The van der Waals surface area contributed by atoms with E-state index in [4.69, 9.17) is 5.26 Å². The van der Waals surface area contributed by atoms with Crippen LogP contribution in [0.3, 0.4) is 0 Å². The smallest absolute Gasteiger partial charge is 0.325 e. The molecule has 1 aromatic rings. The first-order chi connectivity index (χ1) is 8.04. The number of aryl methyl sites for hydroxylation is 1. The van der Waals surface area contributed by atoms with Crippen molar-refractivity contribution >= 4 is 17.7 Å². The number of carbonyl (C=O) groups excluding carboxylic acids is 1. The van der Waals surface area contributed by atoms with E-state index in [1.165, 1.54) is 18.9 Å². The maximum atomic E-state index is 11.9. The molecule has 0 unspecified atom stereocenters. The Hall–Kier alpha value is -1.81. The number of hydrogen-bond donors (Lipinski definition) is 0. The van der Waals surface area contributed by atoms with Crippen molar-refractivity contribution in [3.63, 3.8) is 0 Å². The first kappa shape index (κ1) is 13.3. The maximum absolute atomic E-state index is 11.9. The van der Waals surface area contributed by atoms with Crippen LogP contribution in [0, 0.1) is 18.3 Å². The molecular weight excluding hydrogens is 242 g/mol. The maximum Gasteiger partial charge on any atom is 0.325 e. The predicted octanol–water partition coefficient (Wildman–Crippen LogP) is 0.318. The highest BCUT2D eigenvalue weighted by Gasteiger charge is 2.15. The number of hydrogen-bond acceptors (Lipinski definition) is 6. The predicted molar refractivity (Wildman–Crippen MR) is 61.7 cm³/mol. The summed E-state index contributed by atoms with van der Waals surface area (Å²) < 4.78 is 5.61. The first-order valence-electron chi connectivity index (χ1n) is 4.67. The minimum absolute atomic E-state index is 0.0491. The van der Waals surface area contributed by atoms with E-state index in [0.717, 1.165) is 4.57 Å². The minimum atomic E-state index is -0.558. The number of carbonyl (C=O) groups is 1. The summed E-state index contributed by atoms with van der Waals surface area (Å²) in [6, 6.07) is 1.80. The van der Waals surface area contributed by atoms with Gasteiger partial charge in [-0.3, -0.25) is 14.2 Å². The van der Waals surface area contributed by atoms with Crippen LogP contribution in [0.1, 0.15) is 11.4 Å². The van der Waals surface area contributed by atoms with Crippen molar-refractivity contribution in [2.24, 2.45) is 0 Å². The zero-order chi connectivity index (χ0) is 13.0. The fourth-order valence-electron chi connectivity index (χ4n) is 1.26. The first-order valence-corrected chi connectivity index (χ1v) is 5.90. The average Bonchev–Trinajstić information content (AvgIpc) is 2.33. The summed E-state index contributed by atoms with van der Waals surface area (Å²) in [7, 11) is 1.23. The topological polar surface area (TPSA) is 85.0 Å². The zero-order valence-corrected chi connectivity index (χ0v) is 10.5. The Morgan fingerprint density at radius 2 is 2.29 bits per heavy atom. The largest absolute Gasteiger partial charge is 0.468 e. The van der Waals surface area contributed by atoms with Gasteiger partial charge in [0.05, 0.1) is 7.11 Å². The summed E-state index contributed by atoms with van der Waals surface area (Å²) in [6.07, 6.45) is 1.73. The lowest BCUT2D eigenvalue weighted by molar-refractivity contribution is -0.141. The summed E-state index contributed by atoms with van der Waals surface area (Å²) in [5, 5.41) is 9.28. The number of aromatic nitrogens is 2. The lowest BCUT2D eigenvalue weighted by atomic mass is 10.3. The second-order valence-electron chi connectivity index (χ2n) is 3.12. The van der Waals surface area contributed by atoms with E-state index in [1.807, 2.05) is 0 Å². The van der Waals surface area contributed by atoms with Crippen LogP contribution >= 0.6 is 11.8 Å². The van der Waals surface area contributed by atoms with Gasteiger partial charge >= 0.3 is 5.97 Å². The SMILES string of the molecule is COC(=O)Cn1c(C)nc(SC)c(C#N)c1=O. The molecule has 1 aromatic heterocycles. The van der Waals surface area contributed by atoms with Crippen LogP contribution in [0.5, 0.6) is 0 Å². The summed E-state index contributed by atoms with van der Waals surface area (Å²) in [6.45, 7) is 1.36. The van der Waals surface area contributed by atoms with Crippen LogP contribution in [0.25, 0.3) is 0 Å². The van der Waals surface area contributed by atoms with E-state index in [2.05, 4.69) is 9.72 Å². The summed E-state index contributed by atoms with van der Waals surface area (Å²) >= 11 is 1.22. The highest BCUT2D eigenvalue weighted by molar-refractivity contribution is 7.98. The fourth-order valence-corrected chi connectivity index (χ4v) is 1.82. The van der Waals surface area contributed by atoms with E-state index in [1.54, 1.807) is 19.2 Å². The van der Waals surface area contributed by atoms with Gasteiger partial charge in [-0.25, -0.2) is 4.98 Å². The standard InChI is InChI=1S/C10H11N3O3S/c1-6-12-9(17-3)7(4-11)10(15)13(6)5-8(14)16-2/h5H2,1-3H3. The van der Waals surface area contributed by atoms with Gasteiger partial charge in [-0.2, -0.15) is 5.26 Å². The molecule has 0 aliphatic rings. The van der Waals surface area contributed by atoms with Gasteiger partial charge in [-0.15, -0.1) is 11.8 Å². The molecule has 0 radical (unpaired) electrons. The number of methoxy groups -OCH3 is 1. The Balaban J connectivity index is 3.39. The Kier molecular flexibility index (Phi) is 4.29. The van der Waals surface area contributed by atoms with Crippen LogP contribution in [-0.2, 0) is 16.1 Å². The molecule has 0 fully saturated rings. The normalized spacial score (nSPS) is 9.76. The van der Waals surface area contributed by atoms with Crippen molar-refractivity contribution in [1.82, 2.24) is 9.55 Å². The number of thioether (sulfide) groups is 1. The van der Waals surface area contributed by atoms with Gasteiger partial charge in [0, 0.05) is 0 Å². The Bertz CT molecular complexity index is 545. The number of nitriles is 1. The molecule has 0 amide bonds.